The van der Waals surface area contributed by atoms with Crippen LogP contribution in [0.25, 0.3) is 11.3 Å². The summed E-state index contributed by atoms with van der Waals surface area (Å²) in [6.07, 6.45) is 7.02. The molecule has 0 fully saturated rings. The van der Waals surface area contributed by atoms with E-state index in [1.807, 2.05) is 34.9 Å². The Bertz CT molecular complexity index is 675. The molecule has 0 saturated carbocycles. The van der Waals surface area contributed by atoms with E-state index in [2.05, 4.69) is 15.0 Å². The molecule has 3 aromatic heterocycles. The second-order valence-corrected chi connectivity index (χ2v) is 4.16. The molecule has 0 spiro atoms. The molecule has 3 heterocycles. The van der Waals surface area contributed by atoms with Gasteiger partial charge in [-0.1, -0.05) is 6.07 Å². The summed E-state index contributed by atoms with van der Waals surface area (Å²) in [6, 6.07) is 9.66. The number of aromatic nitrogens is 4. The second kappa shape index (κ2) is 4.89. The molecule has 0 aliphatic carbocycles. The summed E-state index contributed by atoms with van der Waals surface area (Å²) in [4.78, 5) is 12.6. The van der Waals surface area contributed by atoms with Crippen LogP contribution in [0, 0.1) is 0 Å². The molecule has 0 unspecified atom stereocenters. The Balaban J connectivity index is 1.98. The van der Waals surface area contributed by atoms with Crippen molar-refractivity contribution in [1.82, 2.24) is 19.5 Å². The summed E-state index contributed by atoms with van der Waals surface area (Å²) in [5.74, 6) is 0.505. The average molecular weight is 251 g/mol. The molecule has 2 N–H and O–H groups in total. The van der Waals surface area contributed by atoms with Crippen molar-refractivity contribution in [2.45, 2.75) is 6.54 Å². The van der Waals surface area contributed by atoms with Gasteiger partial charge in [0.1, 0.15) is 5.82 Å². The third kappa shape index (κ3) is 2.30. The maximum atomic E-state index is 5.91. The lowest BCUT2D eigenvalue weighted by atomic mass is 10.2. The molecule has 0 atom stereocenters. The first kappa shape index (κ1) is 11.4. The topological polar surface area (TPSA) is 69.6 Å². The highest BCUT2D eigenvalue weighted by Crippen LogP contribution is 2.23. The minimum atomic E-state index is 0.505. The minimum absolute atomic E-state index is 0.505. The SMILES string of the molecule is Nc1ncccc1-c1cncn1Cc1ccccn1. The fourth-order valence-electron chi connectivity index (χ4n) is 1.97. The molecule has 94 valence electrons. The lowest BCUT2D eigenvalue weighted by molar-refractivity contribution is 0.780. The van der Waals surface area contributed by atoms with Crippen LogP contribution in [0.4, 0.5) is 5.82 Å². The summed E-state index contributed by atoms with van der Waals surface area (Å²) in [5, 5.41) is 0. The smallest absolute Gasteiger partial charge is 0.132 e. The number of nitrogens with zero attached hydrogens (tertiary/aromatic N) is 4. The molecular formula is C14H13N5. The fourth-order valence-corrected chi connectivity index (χ4v) is 1.97. The highest BCUT2D eigenvalue weighted by molar-refractivity contribution is 5.70. The summed E-state index contributed by atoms with van der Waals surface area (Å²) in [6.45, 7) is 0.657. The van der Waals surface area contributed by atoms with Crippen LogP contribution in [-0.4, -0.2) is 19.5 Å². The Hall–Kier alpha value is -2.69. The normalized spacial score (nSPS) is 10.5. The molecule has 5 nitrogen and oxygen atoms in total. The predicted octanol–water partition coefficient (Wildman–Crippen LogP) is 1.97. The molecule has 0 aliphatic heterocycles. The van der Waals surface area contributed by atoms with Crippen LogP contribution >= 0.6 is 0 Å². The standard InChI is InChI=1S/C14H13N5/c15-14-12(5-3-7-18-14)13-8-16-10-19(13)9-11-4-1-2-6-17-11/h1-8,10H,9H2,(H2,15,18). The molecule has 0 radical (unpaired) electrons. The molecule has 0 amide bonds. The molecule has 0 bridgehead atoms. The lowest BCUT2D eigenvalue weighted by Gasteiger charge is -2.09. The van der Waals surface area contributed by atoms with Crippen LogP contribution in [0.2, 0.25) is 0 Å². The first-order valence-corrected chi connectivity index (χ1v) is 5.95. The van der Waals surface area contributed by atoms with Crippen LogP contribution in [0.5, 0.6) is 0 Å². The van der Waals surface area contributed by atoms with Crippen LogP contribution in [-0.2, 0) is 6.54 Å². The highest BCUT2D eigenvalue weighted by Gasteiger charge is 2.09. The van der Waals surface area contributed by atoms with Gasteiger partial charge in [0.15, 0.2) is 0 Å². The van der Waals surface area contributed by atoms with E-state index in [0.29, 0.717) is 12.4 Å². The van der Waals surface area contributed by atoms with Gasteiger partial charge in [-0.2, -0.15) is 0 Å². The summed E-state index contributed by atoms with van der Waals surface area (Å²) < 4.78 is 2.01. The lowest BCUT2D eigenvalue weighted by Crippen LogP contribution is -2.03. The zero-order valence-electron chi connectivity index (χ0n) is 10.3. The Morgan fingerprint density at radius 3 is 2.74 bits per heavy atom. The van der Waals surface area contributed by atoms with E-state index >= 15 is 0 Å². The van der Waals surface area contributed by atoms with Crippen molar-refractivity contribution in [3.05, 3.63) is 60.9 Å². The molecule has 0 aromatic carbocycles. The van der Waals surface area contributed by atoms with Crippen molar-refractivity contribution in [2.75, 3.05) is 5.73 Å². The average Bonchev–Trinajstić information content (AvgIpc) is 2.88. The van der Waals surface area contributed by atoms with Gasteiger partial charge in [-0.15, -0.1) is 0 Å². The maximum Gasteiger partial charge on any atom is 0.132 e. The van der Waals surface area contributed by atoms with E-state index in [9.17, 15) is 0 Å². The van der Waals surface area contributed by atoms with Gasteiger partial charge in [-0.3, -0.25) is 4.98 Å². The number of nitrogen functional groups attached to an aromatic ring is 1. The Morgan fingerprint density at radius 2 is 1.95 bits per heavy atom. The third-order valence-electron chi connectivity index (χ3n) is 2.89. The molecule has 0 aliphatic rings. The van der Waals surface area contributed by atoms with E-state index in [1.54, 1.807) is 24.9 Å². The van der Waals surface area contributed by atoms with E-state index < -0.39 is 0 Å². The van der Waals surface area contributed by atoms with Gasteiger partial charge < -0.3 is 10.3 Å². The van der Waals surface area contributed by atoms with E-state index in [1.165, 1.54) is 0 Å². The summed E-state index contributed by atoms with van der Waals surface area (Å²) in [5.41, 5.74) is 8.71. The number of anilines is 1. The summed E-state index contributed by atoms with van der Waals surface area (Å²) in [7, 11) is 0. The van der Waals surface area contributed by atoms with Gasteiger partial charge in [-0.25, -0.2) is 9.97 Å². The summed E-state index contributed by atoms with van der Waals surface area (Å²) >= 11 is 0. The van der Waals surface area contributed by atoms with Gasteiger partial charge in [0.25, 0.3) is 0 Å². The zero-order valence-corrected chi connectivity index (χ0v) is 10.3. The van der Waals surface area contributed by atoms with E-state index in [0.717, 1.165) is 17.0 Å². The van der Waals surface area contributed by atoms with Gasteiger partial charge in [-0.05, 0) is 24.3 Å². The van der Waals surface area contributed by atoms with Gasteiger partial charge in [0.2, 0.25) is 0 Å². The van der Waals surface area contributed by atoms with Crippen molar-refractivity contribution < 1.29 is 0 Å². The van der Waals surface area contributed by atoms with Crippen molar-refractivity contribution in [3.8, 4) is 11.3 Å². The van der Waals surface area contributed by atoms with E-state index in [-0.39, 0.29) is 0 Å². The van der Waals surface area contributed by atoms with Gasteiger partial charge >= 0.3 is 0 Å². The molecular weight excluding hydrogens is 238 g/mol. The van der Waals surface area contributed by atoms with Gasteiger partial charge in [0, 0.05) is 18.0 Å². The first-order chi connectivity index (χ1) is 9.34. The maximum absolute atomic E-state index is 5.91. The number of hydrogen-bond donors (Lipinski definition) is 1. The third-order valence-corrected chi connectivity index (χ3v) is 2.89. The monoisotopic (exact) mass is 251 g/mol. The van der Waals surface area contributed by atoms with Crippen LogP contribution in [0.15, 0.2) is 55.2 Å². The first-order valence-electron chi connectivity index (χ1n) is 5.95. The Morgan fingerprint density at radius 1 is 1.05 bits per heavy atom. The van der Waals surface area contributed by atoms with Crippen molar-refractivity contribution in [3.63, 3.8) is 0 Å². The molecule has 3 rings (SSSR count). The van der Waals surface area contributed by atoms with Crippen molar-refractivity contribution in [1.29, 1.82) is 0 Å². The Kier molecular flexibility index (Phi) is 2.94. The second-order valence-electron chi connectivity index (χ2n) is 4.16. The van der Waals surface area contributed by atoms with Crippen LogP contribution in [0.1, 0.15) is 5.69 Å². The van der Waals surface area contributed by atoms with Crippen LogP contribution < -0.4 is 5.73 Å². The highest BCUT2D eigenvalue weighted by atomic mass is 15.1. The quantitative estimate of drug-likeness (QED) is 0.772. The Labute approximate surface area is 110 Å². The van der Waals surface area contributed by atoms with Crippen molar-refractivity contribution in [2.24, 2.45) is 0 Å². The minimum Gasteiger partial charge on any atom is -0.383 e. The van der Waals surface area contributed by atoms with Crippen molar-refractivity contribution >= 4 is 5.82 Å². The van der Waals surface area contributed by atoms with Gasteiger partial charge in [0.05, 0.1) is 30.5 Å². The largest absolute Gasteiger partial charge is 0.383 e. The predicted molar refractivity (Wildman–Crippen MR) is 73.2 cm³/mol. The molecule has 0 saturated heterocycles. The number of imidazole rings is 1. The molecule has 5 heteroatoms. The number of pyridine rings is 2. The number of nitrogens with two attached hydrogens (primary N) is 1. The fraction of sp³-hybridized carbons (Fsp3) is 0.0714. The van der Waals surface area contributed by atoms with E-state index in [4.69, 9.17) is 5.73 Å². The van der Waals surface area contributed by atoms with Crippen LogP contribution in [0.3, 0.4) is 0 Å². The number of hydrogen-bond acceptors (Lipinski definition) is 4. The number of rotatable bonds is 3. The molecule has 19 heavy (non-hydrogen) atoms. The zero-order chi connectivity index (χ0) is 13.1. The molecule has 3 aromatic rings.